The highest BCUT2D eigenvalue weighted by atomic mass is 16.1. The molecule has 0 aromatic rings. The van der Waals surface area contributed by atoms with Crippen molar-refractivity contribution in [2.45, 2.75) is 45.1 Å². The molecule has 0 aliphatic rings. The standard InChI is InChI=1S/C10H17NO/c1-3-5-6-8-10(12)9(11)7-4-2/h2,9H,3,5-8,11H2,1H3. The maximum Gasteiger partial charge on any atom is 0.150 e. The van der Waals surface area contributed by atoms with Crippen LogP contribution in [-0.2, 0) is 4.79 Å². The average Bonchev–Trinajstić information content (AvgIpc) is 2.05. The number of rotatable bonds is 6. The molecule has 0 aromatic heterocycles. The number of unbranched alkanes of at least 4 members (excludes halogenated alkanes) is 2. The number of nitrogens with two attached hydrogens (primary N) is 1. The van der Waals surface area contributed by atoms with Crippen molar-refractivity contribution in [3.63, 3.8) is 0 Å². The Labute approximate surface area is 74.5 Å². The highest BCUT2D eigenvalue weighted by Gasteiger charge is 2.10. The van der Waals surface area contributed by atoms with E-state index in [1.165, 1.54) is 0 Å². The van der Waals surface area contributed by atoms with Crippen LogP contribution in [0.4, 0.5) is 0 Å². The monoisotopic (exact) mass is 167 g/mol. The molecule has 0 aromatic carbocycles. The average molecular weight is 167 g/mol. The molecule has 0 fully saturated rings. The van der Waals surface area contributed by atoms with Crippen LogP contribution in [0.25, 0.3) is 0 Å². The number of terminal acetylenes is 1. The summed E-state index contributed by atoms with van der Waals surface area (Å²) in [6.45, 7) is 2.10. The predicted octanol–water partition coefficient (Wildman–Crippen LogP) is 1.49. The molecule has 1 unspecified atom stereocenters. The van der Waals surface area contributed by atoms with Crippen molar-refractivity contribution < 1.29 is 4.79 Å². The lowest BCUT2D eigenvalue weighted by molar-refractivity contribution is -0.120. The van der Waals surface area contributed by atoms with E-state index in [1.807, 2.05) is 0 Å². The molecular formula is C10H17NO. The van der Waals surface area contributed by atoms with Crippen LogP contribution >= 0.6 is 0 Å². The van der Waals surface area contributed by atoms with Crippen LogP contribution in [0.15, 0.2) is 0 Å². The third-order valence-corrected chi connectivity index (χ3v) is 1.78. The minimum atomic E-state index is -0.438. The van der Waals surface area contributed by atoms with Gasteiger partial charge in [0.2, 0.25) is 0 Å². The fourth-order valence-electron chi connectivity index (χ4n) is 0.975. The van der Waals surface area contributed by atoms with Gasteiger partial charge in [0.1, 0.15) is 0 Å². The second-order valence-corrected chi connectivity index (χ2v) is 2.94. The van der Waals surface area contributed by atoms with Crippen LogP contribution < -0.4 is 5.73 Å². The molecule has 12 heavy (non-hydrogen) atoms. The Morgan fingerprint density at radius 1 is 1.58 bits per heavy atom. The molecule has 0 saturated carbocycles. The van der Waals surface area contributed by atoms with Crippen LogP contribution in [0, 0.1) is 12.3 Å². The fourth-order valence-corrected chi connectivity index (χ4v) is 0.975. The number of carbonyl (C=O) groups excluding carboxylic acids is 1. The molecule has 2 heteroatoms. The molecule has 2 nitrogen and oxygen atoms in total. The summed E-state index contributed by atoms with van der Waals surface area (Å²) in [4.78, 5) is 11.2. The SMILES string of the molecule is C#CCC(N)C(=O)CCCCC. The summed E-state index contributed by atoms with van der Waals surface area (Å²) >= 11 is 0. The van der Waals surface area contributed by atoms with E-state index < -0.39 is 6.04 Å². The quantitative estimate of drug-likeness (QED) is 0.481. The zero-order valence-electron chi connectivity index (χ0n) is 7.68. The number of hydrogen-bond acceptors (Lipinski definition) is 2. The van der Waals surface area contributed by atoms with Crippen molar-refractivity contribution in [3.8, 4) is 12.3 Å². The molecule has 0 aliphatic carbocycles. The van der Waals surface area contributed by atoms with Gasteiger partial charge in [-0.05, 0) is 6.42 Å². The molecule has 68 valence electrons. The summed E-state index contributed by atoms with van der Waals surface area (Å²) in [5.41, 5.74) is 5.52. The van der Waals surface area contributed by atoms with E-state index in [-0.39, 0.29) is 5.78 Å². The Hall–Kier alpha value is -0.810. The summed E-state index contributed by atoms with van der Waals surface area (Å²) in [6, 6.07) is -0.438. The largest absolute Gasteiger partial charge is 0.321 e. The van der Waals surface area contributed by atoms with Gasteiger partial charge in [0.15, 0.2) is 5.78 Å². The Bertz CT molecular complexity index is 169. The molecular weight excluding hydrogens is 150 g/mol. The van der Waals surface area contributed by atoms with Crippen LogP contribution in [0.1, 0.15) is 39.0 Å². The van der Waals surface area contributed by atoms with E-state index in [1.54, 1.807) is 0 Å². The zero-order chi connectivity index (χ0) is 9.40. The highest BCUT2D eigenvalue weighted by molar-refractivity contribution is 5.83. The zero-order valence-corrected chi connectivity index (χ0v) is 7.68. The first-order chi connectivity index (χ1) is 5.72. The molecule has 1 atom stereocenters. The molecule has 0 heterocycles. The molecule has 0 amide bonds. The summed E-state index contributed by atoms with van der Waals surface area (Å²) in [5.74, 6) is 2.49. The first-order valence-electron chi connectivity index (χ1n) is 4.44. The second kappa shape index (κ2) is 6.87. The van der Waals surface area contributed by atoms with Gasteiger partial charge in [-0.1, -0.05) is 19.8 Å². The maximum absolute atomic E-state index is 11.2. The lowest BCUT2D eigenvalue weighted by atomic mass is 10.0. The van der Waals surface area contributed by atoms with Gasteiger partial charge < -0.3 is 5.73 Å². The van der Waals surface area contributed by atoms with Crippen LogP contribution in [-0.4, -0.2) is 11.8 Å². The number of ketones is 1. The summed E-state index contributed by atoms with van der Waals surface area (Å²) in [7, 11) is 0. The number of hydrogen-bond donors (Lipinski definition) is 1. The normalized spacial score (nSPS) is 12.1. The Morgan fingerprint density at radius 2 is 2.25 bits per heavy atom. The van der Waals surface area contributed by atoms with E-state index in [9.17, 15) is 4.79 Å². The van der Waals surface area contributed by atoms with Gasteiger partial charge in [-0.15, -0.1) is 12.3 Å². The Morgan fingerprint density at radius 3 is 2.75 bits per heavy atom. The summed E-state index contributed by atoms with van der Waals surface area (Å²) < 4.78 is 0. The van der Waals surface area contributed by atoms with Gasteiger partial charge in [0.05, 0.1) is 6.04 Å². The lowest BCUT2D eigenvalue weighted by Crippen LogP contribution is -2.29. The number of carbonyl (C=O) groups is 1. The number of Topliss-reactive ketones (excluding diaryl/α,β-unsaturated/α-hetero) is 1. The highest BCUT2D eigenvalue weighted by Crippen LogP contribution is 2.02. The van der Waals surface area contributed by atoms with Crippen LogP contribution in [0.2, 0.25) is 0 Å². The third-order valence-electron chi connectivity index (χ3n) is 1.78. The molecule has 0 rings (SSSR count). The second-order valence-electron chi connectivity index (χ2n) is 2.94. The van der Waals surface area contributed by atoms with Crippen molar-refractivity contribution in [2.75, 3.05) is 0 Å². The van der Waals surface area contributed by atoms with Crippen molar-refractivity contribution >= 4 is 5.78 Å². The van der Waals surface area contributed by atoms with Gasteiger partial charge in [-0.2, -0.15) is 0 Å². The summed E-state index contributed by atoms with van der Waals surface area (Å²) in [6.07, 6.45) is 9.14. The van der Waals surface area contributed by atoms with Gasteiger partial charge in [-0.3, -0.25) is 4.79 Å². The summed E-state index contributed by atoms with van der Waals surface area (Å²) in [5, 5.41) is 0. The van der Waals surface area contributed by atoms with Crippen molar-refractivity contribution in [2.24, 2.45) is 5.73 Å². The van der Waals surface area contributed by atoms with E-state index in [0.29, 0.717) is 12.8 Å². The Balaban J connectivity index is 3.51. The molecule has 0 bridgehead atoms. The van der Waals surface area contributed by atoms with Crippen molar-refractivity contribution in [1.82, 2.24) is 0 Å². The van der Waals surface area contributed by atoms with Crippen LogP contribution in [0.3, 0.4) is 0 Å². The molecule has 2 N–H and O–H groups in total. The molecule has 0 saturated heterocycles. The minimum Gasteiger partial charge on any atom is -0.321 e. The third kappa shape index (κ3) is 4.92. The van der Waals surface area contributed by atoms with Crippen LogP contribution in [0.5, 0.6) is 0 Å². The first kappa shape index (κ1) is 11.2. The van der Waals surface area contributed by atoms with Gasteiger partial charge in [-0.25, -0.2) is 0 Å². The molecule has 0 spiro atoms. The van der Waals surface area contributed by atoms with E-state index >= 15 is 0 Å². The first-order valence-corrected chi connectivity index (χ1v) is 4.44. The molecule has 0 aliphatic heterocycles. The van der Waals surface area contributed by atoms with E-state index in [4.69, 9.17) is 12.2 Å². The minimum absolute atomic E-state index is 0.0985. The van der Waals surface area contributed by atoms with Gasteiger partial charge in [0.25, 0.3) is 0 Å². The fraction of sp³-hybridized carbons (Fsp3) is 0.700. The van der Waals surface area contributed by atoms with Gasteiger partial charge >= 0.3 is 0 Å². The maximum atomic E-state index is 11.2. The van der Waals surface area contributed by atoms with Crippen molar-refractivity contribution in [3.05, 3.63) is 0 Å². The smallest absolute Gasteiger partial charge is 0.150 e. The molecule has 0 radical (unpaired) electrons. The predicted molar refractivity (Wildman–Crippen MR) is 50.6 cm³/mol. The van der Waals surface area contributed by atoms with Gasteiger partial charge in [0, 0.05) is 12.8 Å². The topological polar surface area (TPSA) is 43.1 Å². The lowest BCUT2D eigenvalue weighted by Gasteiger charge is -2.05. The van der Waals surface area contributed by atoms with E-state index in [2.05, 4.69) is 12.8 Å². The Kier molecular flexibility index (Phi) is 6.41. The van der Waals surface area contributed by atoms with E-state index in [0.717, 1.165) is 19.3 Å². The van der Waals surface area contributed by atoms with Crippen molar-refractivity contribution in [1.29, 1.82) is 0 Å².